The summed E-state index contributed by atoms with van der Waals surface area (Å²) >= 11 is 6.06. The highest BCUT2D eigenvalue weighted by atomic mass is 35.5. The molecule has 1 aromatic rings. The quantitative estimate of drug-likeness (QED) is 0.830. The minimum Gasteiger partial charge on any atom is -0.321 e. The van der Waals surface area contributed by atoms with E-state index in [2.05, 4.69) is 4.90 Å². The highest BCUT2D eigenvalue weighted by molar-refractivity contribution is 6.30. The lowest BCUT2D eigenvalue weighted by Gasteiger charge is -2.25. The molecular formula is C19H26ClN3O. The molecule has 2 bridgehead atoms. The van der Waals surface area contributed by atoms with Crippen LogP contribution in [-0.4, -0.2) is 55.1 Å². The van der Waals surface area contributed by atoms with Crippen molar-refractivity contribution < 1.29 is 4.79 Å². The molecule has 0 atom stereocenters. The highest BCUT2D eigenvalue weighted by Crippen LogP contribution is 2.33. The van der Waals surface area contributed by atoms with Crippen LogP contribution in [0, 0.1) is 11.8 Å². The largest absolute Gasteiger partial charge is 0.324 e. The third-order valence-electron chi connectivity index (χ3n) is 5.90. The lowest BCUT2D eigenvalue weighted by molar-refractivity contribution is 0.197. The first-order chi connectivity index (χ1) is 11.7. The minimum atomic E-state index is 0.120. The van der Waals surface area contributed by atoms with Crippen molar-refractivity contribution in [3.63, 3.8) is 0 Å². The minimum absolute atomic E-state index is 0.120. The van der Waals surface area contributed by atoms with E-state index in [-0.39, 0.29) is 6.03 Å². The summed E-state index contributed by atoms with van der Waals surface area (Å²) in [6, 6.07) is 7.70. The Balaban J connectivity index is 1.34. The number of anilines is 1. The zero-order chi connectivity index (χ0) is 16.5. The predicted molar refractivity (Wildman–Crippen MR) is 97.7 cm³/mol. The van der Waals surface area contributed by atoms with Crippen LogP contribution in [0.3, 0.4) is 0 Å². The summed E-state index contributed by atoms with van der Waals surface area (Å²) in [6.45, 7) is 5.89. The van der Waals surface area contributed by atoms with Crippen LogP contribution in [0.2, 0.25) is 5.02 Å². The first kappa shape index (κ1) is 16.2. The van der Waals surface area contributed by atoms with Gasteiger partial charge in [0.05, 0.1) is 0 Å². The van der Waals surface area contributed by atoms with Gasteiger partial charge in [0.25, 0.3) is 0 Å². The van der Waals surface area contributed by atoms with E-state index < -0.39 is 0 Å². The van der Waals surface area contributed by atoms with Gasteiger partial charge in [-0.15, -0.1) is 0 Å². The van der Waals surface area contributed by atoms with Crippen LogP contribution < -0.4 is 4.90 Å². The Morgan fingerprint density at radius 1 is 1.00 bits per heavy atom. The van der Waals surface area contributed by atoms with Crippen molar-refractivity contribution in [1.82, 2.24) is 9.80 Å². The highest BCUT2D eigenvalue weighted by Gasteiger charge is 2.32. The normalized spacial score (nSPS) is 27.8. The molecule has 0 unspecified atom stereocenters. The van der Waals surface area contributed by atoms with Gasteiger partial charge in [-0.25, -0.2) is 4.79 Å². The number of carbonyl (C=O) groups excluding carboxylic acids is 1. The molecule has 2 amide bonds. The second kappa shape index (κ2) is 6.93. The molecule has 1 saturated carbocycles. The number of benzene rings is 1. The van der Waals surface area contributed by atoms with Crippen molar-refractivity contribution in [2.75, 3.05) is 44.2 Å². The summed E-state index contributed by atoms with van der Waals surface area (Å²) in [4.78, 5) is 19.1. The Kier molecular flexibility index (Phi) is 4.68. The first-order valence-corrected chi connectivity index (χ1v) is 9.61. The monoisotopic (exact) mass is 347 g/mol. The molecule has 1 aromatic carbocycles. The number of carbonyl (C=O) groups is 1. The predicted octanol–water partition coefficient (Wildman–Crippen LogP) is 3.70. The molecule has 4 aliphatic rings. The van der Waals surface area contributed by atoms with Gasteiger partial charge in [0.15, 0.2) is 0 Å². The molecule has 3 heterocycles. The number of amides is 2. The molecule has 130 valence electrons. The van der Waals surface area contributed by atoms with E-state index in [1.54, 1.807) is 0 Å². The van der Waals surface area contributed by atoms with Crippen LogP contribution in [0.5, 0.6) is 0 Å². The molecule has 24 heavy (non-hydrogen) atoms. The number of hydrogen-bond donors (Lipinski definition) is 0. The Hall–Kier alpha value is -1.26. The van der Waals surface area contributed by atoms with E-state index in [4.69, 9.17) is 11.6 Å². The van der Waals surface area contributed by atoms with Gasteiger partial charge >= 0.3 is 6.03 Å². The smallest absolute Gasteiger partial charge is 0.321 e. The van der Waals surface area contributed by atoms with Gasteiger partial charge in [0, 0.05) is 50.0 Å². The Bertz CT molecular complexity index is 586. The van der Waals surface area contributed by atoms with Crippen LogP contribution in [-0.2, 0) is 0 Å². The molecule has 0 N–H and O–H groups in total. The SMILES string of the molecule is O=C1N(CCN2CC3CCC(CC3)C2)CCN1c1cccc(Cl)c1. The summed E-state index contributed by atoms with van der Waals surface area (Å²) in [5, 5.41) is 0.679. The maximum Gasteiger partial charge on any atom is 0.324 e. The Morgan fingerprint density at radius 3 is 2.38 bits per heavy atom. The molecule has 1 aliphatic carbocycles. The summed E-state index contributed by atoms with van der Waals surface area (Å²) in [5.41, 5.74) is 0.905. The van der Waals surface area contributed by atoms with E-state index in [1.165, 1.54) is 38.8 Å². The third-order valence-corrected chi connectivity index (χ3v) is 6.14. The van der Waals surface area contributed by atoms with Crippen molar-refractivity contribution >= 4 is 23.3 Å². The molecule has 0 spiro atoms. The Labute approximate surface area is 149 Å². The first-order valence-electron chi connectivity index (χ1n) is 9.23. The van der Waals surface area contributed by atoms with Crippen molar-refractivity contribution in [3.8, 4) is 0 Å². The maximum absolute atomic E-state index is 12.7. The van der Waals surface area contributed by atoms with Crippen molar-refractivity contribution in [3.05, 3.63) is 29.3 Å². The van der Waals surface area contributed by atoms with Crippen LogP contribution >= 0.6 is 11.6 Å². The lowest BCUT2D eigenvalue weighted by atomic mass is 9.84. The van der Waals surface area contributed by atoms with Crippen molar-refractivity contribution in [1.29, 1.82) is 0 Å². The fourth-order valence-corrected chi connectivity index (χ4v) is 4.70. The van der Waals surface area contributed by atoms with Gasteiger partial charge in [-0.3, -0.25) is 4.90 Å². The third kappa shape index (κ3) is 3.40. The number of rotatable bonds is 4. The molecule has 3 aliphatic heterocycles. The molecule has 0 aromatic heterocycles. The topological polar surface area (TPSA) is 26.8 Å². The zero-order valence-corrected chi connectivity index (χ0v) is 14.9. The van der Waals surface area contributed by atoms with Gasteiger partial charge in [-0.05, 0) is 55.7 Å². The summed E-state index contributed by atoms with van der Waals surface area (Å²) in [6.07, 6.45) is 5.64. The summed E-state index contributed by atoms with van der Waals surface area (Å²) in [5.74, 6) is 1.78. The standard InChI is InChI=1S/C19H26ClN3O/c20-17-2-1-3-18(12-17)23-11-10-22(19(23)24)9-8-21-13-15-4-5-16(14-21)7-6-15/h1-3,12,15-16H,4-11,13-14H2. The van der Waals surface area contributed by atoms with Gasteiger partial charge in [0.1, 0.15) is 0 Å². The second-order valence-electron chi connectivity index (χ2n) is 7.55. The Morgan fingerprint density at radius 2 is 1.71 bits per heavy atom. The summed E-state index contributed by atoms with van der Waals surface area (Å²) in [7, 11) is 0. The van der Waals surface area contributed by atoms with Crippen molar-refractivity contribution in [2.45, 2.75) is 25.7 Å². The van der Waals surface area contributed by atoms with Gasteiger partial charge in [-0.1, -0.05) is 17.7 Å². The molecule has 4 nitrogen and oxygen atoms in total. The average Bonchev–Trinajstić information content (AvgIpc) is 2.75. The fourth-order valence-electron chi connectivity index (χ4n) is 4.52. The van der Waals surface area contributed by atoms with Crippen LogP contribution in [0.25, 0.3) is 0 Å². The van der Waals surface area contributed by atoms with Gasteiger partial charge in [0.2, 0.25) is 0 Å². The van der Waals surface area contributed by atoms with Crippen LogP contribution in [0.4, 0.5) is 10.5 Å². The molecule has 4 fully saturated rings. The number of halogens is 1. The summed E-state index contributed by atoms with van der Waals surface area (Å²) < 4.78 is 0. The molecule has 3 saturated heterocycles. The number of nitrogens with zero attached hydrogens (tertiary/aromatic N) is 3. The van der Waals surface area contributed by atoms with E-state index in [0.717, 1.165) is 43.7 Å². The average molecular weight is 348 g/mol. The van der Waals surface area contributed by atoms with E-state index in [9.17, 15) is 4.79 Å². The van der Waals surface area contributed by atoms with Crippen LogP contribution in [0.15, 0.2) is 24.3 Å². The second-order valence-corrected chi connectivity index (χ2v) is 7.98. The lowest BCUT2D eigenvalue weighted by Crippen LogP contribution is -2.39. The number of fused-ring (bicyclic) bond motifs is 4. The van der Waals surface area contributed by atoms with Gasteiger partial charge in [-0.2, -0.15) is 0 Å². The fraction of sp³-hybridized carbons (Fsp3) is 0.632. The van der Waals surface area contributed by atoms with Crippen LogP contribution in [0.1, 0.15) is 25.7 Å². The van der Waals surface area contributed by atoms with E-state index >= 15 is 0 Å². The molecule has 5 heteroatoms. The molecule has 5 rings (SSSR count). The van der Waals surface area contributed by atoms with E-state index in [0.29, 0.717) is 5.02 Å². The maximum atomic E-state index is 12.7. The van der Waals surface area contributed by atoms with Crippen molar-refractivity contribution in [2.24, 2.45) is 11.8 Å². The number of hydrogen-bond acceptors (Lipinski definition) is 2. The van der Waals surface area contributed by atoms with E-state index in [1.807, 2.05) is 34.1 Å². The molecular weight excluding hydrogens is 322 g/mol. The zero-order valence-electron chi connectivity index (χ0n) is 14.2. The molecule has 0 radical (unpaired) electrons. The number of urea groups is 1. The van der Waals surface area contributed by atoms with Gasteiger partial charge < -0.3 is 9.80 Å².